The quantitative estimate of drug-likeness (QED) is 0.905. The second-order valence-electron chi connectivity index (χ2n) is 5.20. The number of aromatic nitrogens is 1. The number of pyridine rings is 1. The van der Waals surface area contributed by atoms with Crippen LogP contribution in [0, 0.1) is 0 Å². The van der Waals surface area contributed by atoms with E-state index in [1.165, 1.54) is 0 Å². The van der Waals surface area contributed by atoms with Gasteiger partial charge in [-0.1, -0.05) is 0 Å². The van der Waals surface area contributed by atoms with Crippen LogP contribution in [0.5, 0.6) is 0 Å². The summed E-state index contributed by atoms with van der Waals surface area (Å²) in [5, 5.41) is 0. The maximum absolute atomic E-state index is 12.3. The molecule has 2 heterocycles. The first-order chi connectivity index (χ1) is 9.65. The molecule has 0 spiro atoms. The van der Waals surface area contributed by atoms with E-state index in [4.69, 9.17) is 5.73 Å². The van der Waals surface area contributed by atoms with Gasteiger partial charge in [0.2, 0.25) is 0 Å². The Labute approximate surface area is 120 Å². The first-order valence-electron chi connectivity index (χ1n) is 7.41. The van der Waals surface area contributed by atoms with Gasteiger partial charge in [-0.15, -0.1) is 0 Å². The van der Waals surface area contributed by atoms with Crippen LogP contribution in [0.1, 0.15) is 37.2 Å². The van der Waals surface area contributed by atoms with Gasteiger partial charge in [-0.05, 0) is 38.8 Å². The summed E-state index contributed by atoms with van der Waals surface area (Å²) in [6, 6.07) is 4.18. The predicted molar refractivity (Wildman–Crippen MR) is 80.9 cm³/mol. The summed E-state index contributed by atoms with van der Waals surface area (Å²) in [5.41, 5.74) is 7.53. The third-order valence-corrected chi connectivity index (χ3v) is 3.92. The molecule has 0 saturated carbocycles. The fraction of sp³-hybridized carbons (Fsp3) is 0.600. The predicted octanol–water partition coefficient (Wildman–Crippen LogP) is 1.49. The number of rotatable bonds is 4. The van der Waals surface area contributed by atoms with Crippen molar-refractivity contribution in [2.75, 3.05) is 31.1 Å². The van der Waals surface area contributed by atoms with Crippen molar-refractivity contribution in [1.82, 2.24) is 9.88 Å². The number of piperidine rings is 1. The Kier molecular flexibility index (Phi) is 4.95. The van der Waals surface area contributed by atoms with Crippen molar-refractivity contribution in [2.24, 2.45) is 5.73 Å². The summed E-state index contributed by atoms with van der Waals surface area (Å²) < 4.78 is 0. The Morgan fingerprint density at radius 3 is 2.65 bits per heavy atom. The summed E-state index contributed by atoms with van der Waals surface area (Å²) in [5.74, 6) is 0.00515. The molecule has 0 aromatic carbocycles. The number of hydrogen-bond acceptors (Lipinski definition) is 4. The lowest BCUT2D eigenvalue weighted by molar-refractivity contribution is 0.0767. The Balaban J connectivity index is 2.13. The van der Waals surface area contributed by atoms with E-state index in [1.807, 2.05) is 26.0 Å². The zero-order valence-corrected chi connectivity index (χ0v) is 12.4. The van der Waals surface area contributed by atoms with Gasteiger partial charge in [0.25, 0.3) is 5.91 Å². The lowest BCUT2D eigenvalue weighted by Gasteiger charge is -2.32. The highest BCUT2D eigenvalue weighted by molar-refractivity contribution is 5.93. The molecule has 0 aliphatic carbocycles. The van der Waals surface area contributed by atoms with Gasteiger partial charge < -0.3 is 15.5 Å². The second-order valence-corrected chi connectivity index (χ2v) is 5.20. The smallest absolute Gasteiger partial charge is 0.272 e. The molecule has 1 amide bonds. The zero-order valence-electron chi connectivity index (χ0n) is 12.4. The van der Waals surface area contributed by atoms with Gasteiger partial charge in [-0.25, -0.2) is 0 Å². The monoisotopic (exact) mass is 276 g/mol. The fourth-order valence-corrected chi connectivity index (χ4v) is 2.56. The van der Waals surface area contributed by atoms with Gasteiger partial charge in [0, 0.05) is 44.1 Å². The molecule has 0 radical (unpaired) electrons. The van der Waals surface area contributed by atoms with Crippen LogP contribution in [0.3, 0.4) is 0 Å². The van der Waals surface area contributed by atoms with Crippen molar-refractivity contribution >= 4 is 11.6 Å². The molecule has 0 atom stereocenters. The molecule has 0 bridgehead atoms. The van der Waals surface area contributed by atoms with E-state index < -0.39 is 0 Å². The van der Waals surface area contributed by atoms with Gasteiger partial charge in [0.05, 0.1) is 0 Å². The molecule has 5 nitrogen and oxygen atoms in total. The largest absolute Gasteiger partial charge is 0.371 e. The zero-order chi connectivity index (χ0) is 14.5. The van der Waals surface area contributed by atoms with E-state index in [-0.39, 0.29) is 5.91 Å². The van der Waals surface area contributed by atoms with Gasteiger partial charge in [-0.2, -0.15) is 0 Å². The first-order valence-corrected chi connectivity index (χ1v) is 7.41. The molecule has 2 rings (SSSR count). The normalized spacial score (nSPS) is 16.2. The lowest BCUT2D eigenvalue weighted by Crippen LogP contribution is -2.39. The molecule has 0 unspecified atom stereocenters. The molecule has 1 fully saturated rings. The van der Waals surface area contributed by atoms with Crippen LogP contribution in [0.4, 0.5) is 5.69 Å². The van der Waals surface area contributed by atoms with Crippen molar-refractivity contribution in [3.8, 4) is 0 Å². The topological polar surface area (TPSA) is 62.5 Å². The third-order valence-electron chi connectivity index (χ3n) is 3.92. The molecular weight excluding hydrogens is 252 g/mol. The summed E-state index contributed by atoms with van der Waals surface area (Å²) >= 11 is 0. The maximum atomic E-state index is 12.3. The summed E-state index contributed by atoms with van der Waals surface area (Å²) in [6.45, 7) is 7.28. The third kappa shape index (κ3) is 3.28. The maximum Gasteiger partial charge on any atom is 0.272 e. The van der Waals surface area contributed by atoms with Crippen molar-refractivity contribution < 1.29 is 4.79 Å². The van der Waals surface area contributed by atoms with Crippen LogP contribution < -0.4 is 10.6 Å². The first kappa shape index (κ1) is 14.8. The molecule has 2 N–H and O–H groups in total. The Morgan fingerprint density at radius 2 is 2.05 bits per heavy atom. The number of anilines is 1. The van der Waals surface area contributed by atoms with Crippen LogP contribution >= 0.6 is 0 Å². The molecule has 110 valence electrons. The standard InChI is InChI=1S/C15H24N4O/c1-3-18(4-2)15(20)14-11-13(5-8-17-14)19-9-6-12(16)7-10-19/h5,8,11-12H,3-4,6-7,9-10,16H2,1-2H3. The van der Waals surface area contributed by atoms with Crippen LogP contribution in [0.25, 0.3) is 0 Å². The molecular formula is C15H24N4O. The Hall–Kier alpha value is -1.62. The van der Waals surface area contributed by atoms with Crippen LogP contribution in [-0.2, 0) is 0 Å². The van der Waals surface area contributed by atoms with E-state index in [0.717, 1.165) is 31.6 Å². The number of carbonyl (C=O) groups excluding carboxylic acids is 1. The number of amides is 1. The van der Waals surface area contributed by atoms with Gasteiger partial charge in [0.15, 0.2) is 0 Å². The van der Waals surface area contributed by atoms with Gasteiger partial charge in [-0.3, -0.25) is 9.78 Å². The minimum atomic E-state index is 0.00515. The van der Waals surface area contributed by atoms with Crippen molar-refractivity contribution in [1.29, 1.82) is 0 Å². The highest BCUT2D eigenvalue weighted by Crippen LogP contribution is 2.20. The lowest BCUT2D eigenvalue weighted by atomic mass is 10.1. The van der Waals surface area contributed by atoms with Crippen LogP contribution in [0.2, 0.25) is 0 Å². The van der Waals surface area contributed by atoms with Crippen LogP contribution in [-0.4, -0.2) is 48.0 Å². The summed E-state index contributed by atoms with van der Waals surface area (Å²) in [4.78, 5) is 20.6. The second kappa shape index (κ2) is 6.70. The SMILES string of the molecule is CCN(CC)C(=O)c1cc(N2CCC(N)CC2)ccn1. The van der Waals surface area contributed by atoms with E-state index in [1.54, 1.807) is 11.1 Å². The van der Waals surface area contributed by atoms with E-state index >= 15 is 0 Å². The average molecular weight is 276 g/mol. The highest BCUT2D eigenvalue weighted by Gasteiger charge is 2.19. The molecule has 1 aliphatic rings. The number of hydrogen-bond donors (Lipinski definition) is 1. The number of carbonyl (C=O) groups is 1. The summed E-state index contributed by atoms with van der Waals surface area (Å²) in [7, 11) is 0. The molecule has 1 aromatic heterocycles. The van der Waals surface area contributed by atoms with E-state index in [9.17, 15) is 4.79 Å². The molecule has 1 aromatic rings. The number of nitrogens with two attached hydrogens (primary N) is 1. The Morgan fingerprint density at radius 1 is 1.40 bits per heavy atom. The van der Waals surface area contributed by atoms with Crippen molar-refractivity contribution in [2.45, 2.75) is 32.7 Å². The number of nitrogens with zero attached hydrogens (tertiary/aromatic N) is 3. The van der Waals surface area contributed by atoms with Crippen LogP contribution in [0.15, 0.2) is 18.3 Å². The van der Waals surface area contributed by atoms with Crippen molar-refractivity contribution in [3.05, 3.63) is 24.0 Å². The highest BCUT2D eigenvalue weighted by atomic mass is 16.2. The average Bonchev–Trinajstić information content (AvgIpc) is 2.49. The van der Waals surface area contributed by atoms with E-state index in [0.29, 0.717) is 24.8 Å². The van der Waals surface area contributed by atoms with Gasteiger partial charge in [0.1, 0.15) is 5.69 Å². The van der Waals surface area contributed by atoms with E-state index in [2.05, 4.69) is 9.88 Å². The van der Waals surface area contributed by atoms with Gasteiger partial charge >= 0.3 is 0 Å². The summed E-state index contributed by atoms with van der Waals surface area (Å²) in [6.07, 6.45) is 3.73. The Bertz CT molecular complexity index is 451. The minimum Gasteiger partial charge on any atom is -0.371 e. The molecule has 20 heavy (non-hydrogen) atoms. The minimum absolute atomic E-state index is 0.00515. The fourth-order valence-electron chi connectivity index (χ4n) is 2.56. The molecule has 5 heteroatoms. The van der Waals surface area contributed by atoms with Crippen molar-refractivity contribution in [3.63, 3.8) is 0 Å². The molecule has 1 aliphatic heterocycles. The molecule has 1 saturated heterocycles.